The molecule has 0 bridgehead atoms. The van der Waals surface area contributed by atoms with Crippen molar-refractivity contribution in [1.29, 1.82) is 0 Å². The summed E-state index contributed by atoms with van der Waals surface area (Å²) in [5.41, 5.74) is 0.620. The first-order chi connectivity index (χ1) is 11.0. The van der Waals surface area contributed by atoms with Crippen LogP contribution in [0.4, 0.5) is 10.5 Å². The highest BCUT2D eigenvalue weighted by Crippen LogP contribution is 2.25. The largest absolute Gasteiger partial charge is 0.492 e. The van der Waals surface area contributed by atoms with Gasteiger partial charge in [-0.2, -0.15) is 0 Å². The number of nitrogens with one attached hydrogen (secondary N) is 2. The van der Waals surface area contributed by atoms with Gasteiger partial charge in [0.15, 0.2) is 0 Å². The van der Waals surface area contributed by atoms with Gasteiger partial charge in [-0.05, 0) is 45.7 Å². The number of ether oxygens (including phenoxy) is 1. The molecule has 0 aliphatic carbocycles. The Kier molecular flexibility index (Phi) is 5.84. The molecular formula is C17H25N3O3. The molecule has 0 radical (unpaired) electrons. The van der Waals surface area contributed by atoms with Crippen LogP contribution in [0.5, 0.6) is 5.75 Å². The van der Waals surface area contributed by atoms with Crippen molar-refractivity contribution in [1.82, 2.24) is 10.2 Å². The van der Waals surface area contributed by atoms with Crippen molar-refractivity contribution in [2.45, 2.75) is 45.7 Å². The average molecular weight is 319 g/mol. The molecule has 126 valence electrons. The van der Waals surface area contributed by atoms with Crippen molar-refractivity contribution in [3.8, 4) is 5.75 Å². The molecule has 23 heavy (non-hydrogen) atoms. The lowest BCUT2D eigenvalue weighted by molar-refractivity contribution is -0.125. The highest BCUT2D eigenvalue weighted by molar-refractivity contribution is 5.95. The first kappa shape index (κ1) is 17.1. The molecule has 0 aromatic heterocycles. The van der Waals surface area contributed by atoms with Crippen molar-refractivity contribution in [3.63, 3.8) is 0 Å². The molecule has 1 atom stereocenters. The van der Waals surface area contributed by atoms with E-state index in [1.54, 1.807) is 11.0 Å². The third kappa shape index (κ3) is 4.37. The Bertz CT molecular complexity index is 560. The molecule has 1 aromatic rings. The van der Waals surface area contributed by atoms with Gasteiger partial charge < -0.3 is 20.3 Å². The number of likely N-dealkylation sites (tertiary alicyclic amines) is 1. The molecule has 6 heteroatoms. The Hall–Kier alpha value is -2.24. The predicted molar refractivity (Wildman–Crippen MR) is 89.6 cm³/mol. The SMILES string of the molecule is CCOc1ccccc1NC(=O)N1CCC[C@@H]1C(=O)NC(C)C. The Morgan fingerprint density at radius 2 is 2.09 bits per heavy atom. The summed E-state index contributed by atoms with van der Waals surface area (Å²) in [5.74, 6) is 0.538. The number of nitrogens with zero attached hydrogens (tertiary/aromatic N) is 1. The van der Waals surface area contributed by atoms with Gasteiger partial charge in [-0.1, -0.05) is 12.1 Å². The van der Waals surface area contributed by atoms with E-state index < -0.39 is 6.04 Å². The first-order valence-electron chi connectivity index (χ1n) is 8.12. The lowest BCUT2D eigenvalue weighted by atomic mass is 10.2. The van der Waals surface area contributed by atoms with E-state index in [9.17, 15) is 9.59 Å². The van der Waals surface area contributed by atoms with Gasteiger partial charge in [0.1, 0.15) is 11.8 Å². The normalized spacial score (nSPS) is 17.2. The van der Waals surface area contributed by atoms with E-state index in [4.69, 9.17) is 4.74 Å². The molecule has 2 N–H and O–H groups in total. The summed E-state index contributed by atoms with van der Waals surface area (Å²) in [7, 11) is 0. The van der Waals surface area contributed by atoms with Crippen LogP contribution in [-0.2, 0) is 4.79 Å². The van der Waals surface area contributed by atoms with E-state index in [0.29, 0.717) is 31.0 Å². The van der Waals surface area contributed by atoms with Crippen molar-refractivity contribution < 1.29 is 14.3 Å². The maximum Gasteiger partial charge on any atom is 0.322 e. The zero-order chi connectivity index (χ0) is 16.8. The quantitative estimate of drug-likeness (QED) is 0.876. The van der Waals surface area contributed by atoms with E-state index in [2.05, 4.69) is 10.6 Å². The van der Waals surface area contributed by atoms with Crippen molar-refractivity contribution in [2.75, 3.05) is 18.5 Å². The van der Waals surface area contributed by atoms with Crippen molar-refractivity contribution >= 4 is 17.6 Å². The van der Waals surface area contributed by atoms with Gasteiger partial charge in [0.05, 0.1) is 12.3 Å². The minimum Gasteiger partial charge on any atom is -0.492 e. The molecule has 0 spiro atoms. The molecule has 1 heterocycles. The zero-order valence-corrected chi connectivity index (χ0v) is 14.0. The molecule has 1 aliphatic rings. The summed E-state index contributed by atoms with van der Waals surface area (Å²) in [4.78, 5) is 26.4. The maximum absolute atomic E-state index is 12.6. The van der Waals surface area contributed by atoms with Crippen LogP contribution in [0.25, 0.3) is 0 Å². The lowest BCUT2D eigenvalue weighted by Crippen LogP contribution is -2.48. The Balaban J connectivity index is 2.06. The number of benzene rings is 1. The zero-order valence-electron chi connectivity index (χ0n) is 14.0. The minimum absolute atomic E-state index is 0.0618. The summed E-state index contributed by atoms with van der Waals surface area (Å²) in [5, 5.41) is 5.74. The van der Waals surface area contributed by atoms with E-state index in [0.717, 1.165) is 6.42 Å². The summed E-state index contributed by atoms with van der Waals surface area (Å²) >= 11 is 0. The fourth-order valence-corrected chi connectivity index (χ4v) is 2.70. The summed E-state index contributed by atoms with van der Waals surface area (Å²) in [6.07, 6.45) is 1.52. The maximum atomic E-state index is 12.6. The van der Waals surface area contributed by atoms with E-state index in [-0.39, 0.29) is 18.0 Å². The van der Waals surface area contributed by atoms with E-state index >= 15 is 0 Å². The smallest absolute Gasteiger partial charge is 0.322 e. The second-order valence-corrected chi connectivity index (χ2v) is 5.87. The summed E-state index contributed by atoms with van der Waals surface area (Å²) < 4.78 is 5.51. The molecule has 3 amide bonds. The van der Waals surface area contributed by atoms with E-state index in [1.165, 1.54) is 0 Å². The van der Waals surface area contributed by atoms with Crippen LogP contribution in [0.2, 0.25) is 0 Å². The molecule has 1 aromatic carbocycles. The first-order valence-corrected chi connectivity index (χ1v) is 8.12. The Morgan fingerprint density at radius 1 is 1.35 bits per heavy atom. The van der Waals surface area contributed by atoms with Gasteiger partial charge in [-0.3, -0.25) is 4.79 Å². The number of amides is 3. The molecular weight excluding hydrogens is 294 g/mol. The number of carbonyl (C=O) groups is 2. The van der Waals surface area contributed by atoms with Crippen LogP contribution in [0.3, 0.4) is 0 Å². The van der Waals surface area contributed by atoms with Crippen molar-refractivity contribution in [3.05, 3.63) is 24.3 Å². The monoisotopic (exact) mass is 319 g/mol. The number of hydrogen-bond donors (Lipinski definition) is 2. The predicted octanol–water partition coefficient (Wildman–Crippen LogP) is 2.61. The number of anilines is 1. The average Bonchev–Trinajstić information content (AvgIpc) is 2.98. The molecule has 1 aliphatic heterocycles. The van der Waals surface area contributed by atoms with Crippen LogP contribution in [-0.4, -0.2) is 42.1 Å². The number of carbonyl (C=O) groups excluding carboxylic acids is 2. The fraction of sp³-hybridized carbons (Fsp3) is 0.529. The molecule has 0 unspecified atom stereocenters. The molecule has 1 saturated heterocycles. The Morgan fingerprint density at radius 3 is 2.78 bits per heavy atom. The molecule has 6 nitrogen and oxygen atoms in total. The summed E-state index contributed by atoms with van der Waals surface area (Å²) in [6, 6.07) is 6.69. The Labute approximate surface area is 137 Å². The standard InChI is InChI=1S/C17H25N3O3/c1-4-23-15-10-6-5-8-13(15)19-17(22)20-11-7-9-14(20)16(21)18-12(2)3/h5-6,8,10,12,14H,4,7,9,11H2,1-3H3,(H,18,21)(H,19,22)/t14-/m1/s1. The van der Waals surface area contributed by atoms with Crippen LogP contribution >= 0.6 is 0 Å². The summed E-state index contributed by atoms with van der Waals surface area (Å²) in [6.45, 7) is 6.82. The van der Waals surface area contributed by atoms with Gasteiger partial charge in [-0.15, -0.1) is 0 Å². The third-order valence-corrected chi connectivity index (χ3v) is 3.68. The van der Waals surface area contributed by atoms with Crippen molar-refractivity contribution in [2.24, 2.45) is 0 Å². The van der Waals surface area contributed by atoms with Crippen LogP contribution in [0, 0.1) is 0 Å². The van der Waals surface area contributed by atoms with E-state index in [1.807, 2.05) is 39.0 Å². The lowest BCUT2D eigenvalue weighted by Gasteiger charge is -2.25. The van der Waals surface area contributed by atoms with Crippen LogP contribution in [0.15, 0.2) is 24.3 Å². The second-order valence-electron chi connectivity index (χ2n) is 5.87. The highest BCUT2D eigenvalue weighted by Gasteiger charge is 2.34. The number of para-hydroxylation sites is 2. The minimum atomic E-state index is -0.406. The van der Waals surface area contributed by atoms with Gasteiger partial charge in [0.2, 0.25) is 5.91 Å². The molecule has 0 saturated carbocycles. The molecule has 1 fully saturated rings. The number of hydrogen-bond acceptors (Lipinski definition) is 3. The highest BCUT2D eigenvalue weighted by atomic mass is 16.5. The van der Waals surface area contributed by atoms with Gasteiger partial charge in [0.25, 0.3) is 0 Å². The van der Waals surface area contributed by atoms with Gasteiger partial charge >= 0.3 is 6.03 Å². The van der Waals surface area contributed by atoms with Crippen LogP contribution in [0.1, 0.15) is 33.6 Å². The number of urea groups is 1. The topological polar surface area (TPSA) is 70.7 Å². The second kappa shape index (κ2) is 7.85. The van der Waals surface area contributed by atoms with Gasteiger partial charge in [-0.25, -0.2) is 4.79 Å². The third-order valence-electron chi connectivity index (χ3n) is 3.68. The fourth-order valence-electron chi connectivity index (χ4n) is 2.70. The number of rotatable bonds is 5. The molecule has 2 rings (SSSR count). The van der Waals surface area contributed by atoms with Gasteiger partial charge in [0, 0.05) is 12.6 Å². The van der Waals surface area contributed by atoms with Crippen LogP contribution < -0.4 is 15.4 Å².